The Morgan fingerprint density at radius 3 is 2.23 bits per heavy atom. The maximum Gasteiger partial charge on any atom is 0.326 e. The van der Waals surface area contributed by atoms with E-state index in [9.17, 15) is 19.2 Å². The van der Waals surface area contributed by atoms with Gasteiger partial charge in [0.2, 0.25) is 11.8 Å². The Morgan fingerprint density at radius 1 is 1.18 bits per heavy atom. The van der Waals surface area contributed by atoms with Crippen molar-refractivity contribution in [3.05, 3.63) is 0 Å². The van der Waals surface area contributed by atoms with Gasteiger partial charge in [0.15, 0.2) is 6.61 Å². The van der Waals surface area contributed by atoms with Gasteiger partial charge in [-0.1, -0.05) is 12.8 Å². The van der Waals surface area contributed by atoms with Gasteiger partial charge in [0, 0.05) is 6.04 Å². The zero-order valence-electron chi connectivity index (χ0n) is 13.0. The number of amides is 3. The normalized spacial score (nSPS) is 24.4. The predicted molar refractivity (Wildman–Crippen MR) is 76.4 cm³/mol. The van der Waals surface area contributed by atoms with Crippen molar-refractivity contribution in [2.75, 3.05) is 13.2 Å². The fourth-order valence-electron chi connectivity index (χ4n) is 3.07. The monoisotopic (exact) mass is 310 g/mol. The van der Waals surface area contributed by atoms with E-state index < -0.39 is 25.0 Å². The number of ether oxygens (including phenoxy) is 1. The molecule has 0 aromatic heterocycles. The number of nitrogens with one attached hydrogen (secondary N) is 1. The minimum atomic E-state index is -0.737. The standard InChI is InChI=1S/C15H22N2O5/c1-9(2)16-12(18)8-22-13(19)7-17-14(20)10-5-3-4-6-11(10)15(17)21/h9-11H,3-8H2,1-2H3,(H,16,18)/t10-,11+. The zero-order chi connectivity index (χ0) is 16.3. The van der Waals surface area contributed by atoms with E-state index in [1.54, 1.807) is 13.8 Å². The van der Waals surface area contributed by atoms with Gasteiger partial charge >= 0.3 is 5.97 Å². The van der Waals surface area contributed by atoms with Crippen LogP contribution < -0.4 is 5.32 Å². The first-order valence-corrected chi connectivity index (χ1v) is 7.70. The summed E-state index contributed by atoms with van der Waals surface area (Å²) in [5, 5.41) is 2.59. The largest absolute Gasteiger partial charge is 0.454 e. The molecule has 7 heteroatoms. The molecular formula is C15H22N2O5. The Bertz CT molecular complexity index is 464. The van der Waals surface area contributed by atoms with Crippen LogP contribution in [0.4, 0.5) is 0 Å². The number of esters is 1. The first-order chi connectivity index (χ1) is 10.4. The quantitative estimate of drug-likeness (QED) is 0.579. The molecule has 0 aromatic carbocycles. The molecule has 2 atom stereocenters. The average Bonchev–Trinajstić information content (AvgIpc) is 2.70. The molecule has 0 spiro atoms. The fraction of sp³-hybridized carbons (Fsp3) is 0.733. The van der Waals surface area contributed by atoms with Gasteiger partial charge in [0.25, 0.3) is 5.91 Å². The van der Waals surface area contributed by atoms with Crippen LogP contribution in [0, 0.1) is 11.8 Å². The Hall–Kier alpha value is -1.92. The Labute approximate surface area is 129 Å². The molecule has 0 unspecified atom stereocenters. The SMILES string of the molecule is CC(C)NC(=O)COC(=O)CN1C(=O)[C@H]2CCCC[C@H]2C1=O. The van der Waals surface area contributed by atoms with E-state index in [0.717, 1.165) is 17.7 Å². The van der Waals surface area contributed by atoms with E-state index in [1.807, 2.05) is 0 Å². The molecule has 22 heavy (non-hydrogen) atoms. The Kier molecular flexibility index (Phi) is 5.15. The van der Waals surface area contributed by atoms with E-state index in [4.69, 9.17) is 4.74 Å². The molecule has 1 aliphatic heterocycles. The van der Waals surface area contributed by atoms with Gasteiger partial charge in [-0.05, 0) is 26.7 Å². The smallest absolute Gasteiger partial charge is 0.326 e. The highest BCUT2D eigenvalue weighted by molar-refractivity contribution is 6.07. The zero-order valence-corrected chi connectivity index (χ0v) is 13.0. The number of fused-ring (bicyclic) bond motifs is 1. The molecule has 1 saturated carbocycles. The van der Waals surface area contributed by atoms with Gasteiger partial charge in [0.05, 0.1) is 11.8 Å². The first kappa shape index (κ1) is 16.5. The number of rotatable bonds is 5. The van der Waals surface area contributed by atoms with Crippen LogP contribution in [0.2, 0.25) is 0 Å². The van der Waals surface area contributed by atoms with Crippen LogP contribution in [-0.4, -0.2) is 47.8 Å². The number of carbonyl (C=O) groups excluding carboxylic acids is 4. The van der Waals surface area contributed by atoms with Crippen molar-refractivity contribution in [2.24, 2.45) is 11.8 Å². The molecule has 1 heterocycles. The minimum Gasteiger partial charge on any atom is -0.454 e. The van der Waals surface area contributed by atoms with E-state index >= 15 is 0 Å². The topological polar surface area (TPSA) is 92.8 Å². The molecule has 0 radical (unpaired) electrons. The lowest BCUT2D eigenvalue weighted by Crippen LogP contribution is -2.39. The van der Waals surface area contributed by atoms with Crippen LogP contribution >= 0.6 is 0 Å². The number of nitrogens with zero attached hydrogens (tertiary/aromatic N) is 1. The number of likely N-dealkylation sites (tertiary alicyclic amines) is 1. The maximum atomic E-state index is 12.2. The summed E-state index contributed by atoms with van der Waals surface area (Å²) in [5.41, 5.74) is 0. The third-order valence-electron chi connectivity index (χ3n) is 4.03. The second-order valence-electron chi connectivity index (χ2n) is 6.14. The lowest BCUT2D eigenvalue weighted by molar-refractivity contribution is -0.155. The third kappa shape index (κ3) is 3.64. The van der Waals surface area contributed by atoms with Crippen LogP contribution in [0.15, 0.2) is 0 Å². The number of hydrogen-bond acceptors (Lipinski definition) is 5. The molecule has 3 amide bonds. The number of imide groups is 1. The van der Waals surface area contributed by atoms with Gasteiger partial charge in [-0.15, -0.1) is 0 Å². The molecule has 122 valence electrons. The average molecular weight is 310 g/mol. The van der Waals surface area contributed by atoms with Crippen LogP contribution in [0.25, 0.3) is 0 Å². The summed E-state index contributed by atoms with van der Waals surface area (Å²) in [7, 11) is 0. The highest BCUT2D eigenvalue weighted by Gasteiger charge is 2.48. The molecule has 2 aliphatic rings. The van der Waals surface area contributed by atoms with Gasteiger partial charge in [-0.25, -0.2) is 0 Å². The lowest BCUT2D eigenvalue weighted by atomic mass is 9.81. The highest BCUT2D eigenvalue weighted by Crippen LogP contribution is 2.37. The summed E-state index contributed by atoms with van der Waals surface area (Å²) < 4.78 is 4.82. The molecule has 7 nitrogen and oxygen atoms in total. The van der Waals surface area contributed by atoms with Crippen LogP contribution in [-0.2, 0) is 23.9 Å². The van der Waals surface area contributed by atoms with Crippen molar-refractivity contribution < 1.29 is 23.9 Å². The van der Waals surface area contributed by atoms with Crippen molar-refractivity contribution >= 4 is 23.7 Å². The molecule has 2 rings (SSSR count). The molecule has 1 aliphatic carbocycles. The van der Waals surface area contributed by atoms with Crippen molar-refractivity contribution in [3.63, 3.8) is 0 Å². The third-order valence-corrected chi connectivity index (χ3v) is 4.03. The second-order valence-corrected chi connectivity index (χ2v) is 6.14. The van der Waals surface area contributed by atoms with Gasteiger partial charge in [-0.2, -0.15) is 0 Å². The Balaban J connectivity index is 1.85. The number of carbonyl (C=O) groups is 4. The Morgan fingerprint density at radius 2 is 1.73 bits per heavy atom. The van der Waals surface area contributed by atoms with Crippen molar-refractivity contribution in [3.8, 4) is 0 Å². The molecule has 1 saturated heterocycles. The molecule has 1 N–H and O–H groups in total. The number of hydrogen-bond donors (Lipinski definition) is 1. The molecule has 2 fully saturated rings. The summed E-state index contributed by atoms with van der Waals surface area (Å²) in [6, 6.07) is -0.0453. The van der Waals surface area contributed by atoms with Gasteiger partial charge in [-0.3, -0.25) is 24.1 Å². The summed E-state index contributed by atoms with van der Waals surface area (Å²) in [6.07, 6.45) is 3.29. The minimum absolute atomic E-state index is 0.0453. The van der Waals surface area contributed by atoms with Crippen LogP contribution in [0.3, 0.4) is 0 Å². The maximum absolute atomic E-state index is 12.2. The summed E-state index contributed by atoms with van der Waals surface area (Å²) in [4.78, 5) is 48.5. The lowest BCUT2D eigenvalue weighted by Gasteiger charge is -2.19. The van der Waals surface area contributed by atoms with E-state index in [0.29, 0.717) is 12.8 Å². The van der Waals surface area contributed by atoms with E-state index in [-0.39, 0.29) is 29.7 Å². The second kappa shape index (κ2) is 6.89. The fourth-order valence-corrected chi connectivity index (χ4v) is 3.07. The van der Waals surface area contributed by atoms with Crippen LogP contribution in [0.5, 0.6) is 0 Å². The molecular weight excluding hydrogens is 288 g/mol. The summed E-state index contributed by atoms with van der Waals surface area (Å²) >= 11 is 0. The van der Waals surface area contributed by atoms with Crippen molar-refractivity contribution in [1.29, 1.82) is 0 Å². The molecule has 0 bridgehead atoms. The van der Waals surface area contributed by atoms with Crippen LogP contribution in [0.1, 0.15) is 39.5 Å². The van der Waals surface area contributed by atoms with Crippen molar-refractivity contribution in [2.45, 2.75) is 45.6 Å². The van der Waals surface area contributed by atoms with E-state index in [1.165, 1.54) is 0 Å². The summed E-state index contributed by atoms with van der Waals surface area (Å²) in [6.45, 7) is 2.78. The van der Waals surface area contributed by atoms with Gasteiger partial charge in [0.1, 0.15) is 6.54 Å². The van der Waals surface area contributed by atoms with Crippen molar-refractivity contribution in [1.82, 2.24) is 10.2 Å². The first-order valence-electron chi connectivity index (χ1n) is 7.70. The van der Waals surface area contributed by atoms with E-state index in [2.05, 4.69) is 5.32 Å². The predicted octanol–water partition coefficient (Wildman–Crippen LogP) is 0.229. The molecule has 0 aromatic rings. The summed E-state index contributed by atoms with van der Waals surface area (Å²) in [5.74, 6) is -2.26. The van der Waals surface area contributed by atoms with Gasteiger partial charge < -0.3 is 10.1 Å². The highest BCUT2D eigenvalue weighted by atomic mass is 16.5.